The van der Waals surface area contributed by atoms with Gasteiger partial charge < -0.3 is 9.47 Å². The number of hydrogen-bond acceptors (Lipinski definition) is 6. The van der Waals surface area contributed by atoms with E-state index in [1.165, 1.54) is 12.7 Å². The normalized spacial score (nSPS) is 18.1. The SMILES string of the molecule is COC(=O)CC1CCC(c2ccc(-c3ccc(-c4nc(C)n(COCC[Si-](C)(C)C)n4)cn3)cc2)CC1. The highest BCUT2D eigenvalue weighted by atomic mass is 28.3. The lowest BCUT2D eigenvalue weighted by atomic mass is 9.77. The maximum absolute atomic E-state index is 11.6. The molecule has 4 rings (SSSR count). The number of methoxy groups -OCH3 is 1. The average Bonchev–Trinajstić information content (AvgIpc) is 3.27. The van der Waals surface area contributed by atoms with Crippen LogP contribution < -0.4 is 0 Å². The van der Waals surface area contributed by atoms with Crippen LogP contribution in [0.25, 0.3) is 22.6 Å². The van der Waals surface area contributed by atoms with E-state index in [1.54, 1.807) is 0 Å². The Hall–Kier alpha value is -2.84. The zero-order valence-corrected chi connectivity index (χ0v) is 23.9. The highest BCUT2D eigenvalue weighted by Gasteiger charge is 2.24. The van der Waals surface area contributed by atoms with E-state index in [0.717, 1.165) is 61.0 Å². The molecule has 3 aromatic rings. The minimum atomic E-state index is -1.10. The summed E-state index contributed by atoms with van der Waals surface area (Å²) < 4.78 is 12.5. The maximum atomic E-state index is 11.6. The number of esters is 1. The molecule has 0 atom stereocenters. The molecule has 0 bridgehead atoms. The molecular formula is C29H40N4O3Si-. The van der Waals surface area contributed by atoms with E-state index in [2.05, 4.69) is 54.0 Å². The predicted octanol–water partition coefficient (Wildman–Crippen LogP) is 6.46. The number of aromatic nitrogens is 4. The number of ether oxygens (including phenoxy) is 2. The standard InChI is InChI=1S/C29H40N4O3Si/c1-21-31-29(32-33(21)20-36-16-17-37(3,4)5)26-14-15-27(30-19-26)25-12-10-24(11-13-25)23-8-6-22(7-9-23)18-28(34)35-2/h10-15,19,22-23H,6-9,16-18,20H2,1-5H3/q-1. The molecule has 1 aliphatic rings. The number of nitrogens with zero attached hydrogens (tertiary/aromatic N) is 4. The van der Waals surface area contributed by atoms with Crippen LogP contribution in [0.5, 0.6) is 0 Å². The fourth-order valence-electron chi connectivity index (χ4n) is 4.84. The molecule has 0 N–H and O–H groups in total. The van der Waals surface area contributed by atoms with Crippen LogP contribution in [0.4, 0.5) is 0 Å². The van der Waals surface area contributed by atoms with Crippen molar-refractivity contribution in [3.05, 3.63) is 54.0 Å². The van der Waals surface area contributed by atoms with Crippen molar-refractivity contribution < 1.29 is 14.3 Å². The summed E-state index contributed by atoms with van der Waals surface area (Å²) in [7, 11) is 0.365. The summed E-state index contributed by atoms with van der Waals surface area (Å²) >= 11 is 0. The molecule has 7 nitrogen and oxygen atoms in total. The van der Waals surface area contributed by atoms with Crippen LogP contribution in [0.3, 0.4) is 0 Å². The third-order valence-electron chi connectivity index (χ3n) is 7.30. The van der Waals surface area contributed by atoms with Gasteiger partial charge in [0.2, 0.25) is 0 Å². The van der Waals surface area contributed by atoms with Gasteiger partial charge in [-0.05, 0) is 62.1 Å². The summed E-state index contributed by atoms with van der Waals surface area (Å²) in [6.45, 7) is 10.2. The van der Waals surface area contributed by atoms with Crippen molar-refractivity contribution in [2.45, 2.75) is 77.4 Å². The minimum Gasteiger partial charge on any atom is -0.469 e. The number of rotatable bonds is 10. The Morgan fingerprint density at radius 2 is 1.73 bits per heavy atom. The van der Waals surface area contributed by atoms with Gasteiger partial charge in [0.05, 0.1) is 12.8 Å². The molecule has 0 amide bonds. The van der Waals surface area contributed by atoms with Crippen LogP contribution in [0.15, 0.2) is 42.6 Å². The first kappa shape index (κ1) is 27.2. The number of hydrogen-bond donors (Lipinski definition) is 0. The van der Waals surface area contributed by atoms with E-state index < -0.39 is 8.07 Å². The van der Waals surface area contributed by atoms with Gasteiger partial charge in [-0.1, -0.05) is 24.3 Å². The summed E-state index contributed by atoms with van der Waals surface area (Å²) in [5, 5.41) is 4.63. The van der Waals surface area contributed by atoms with Crippen molar-refractivity contribution in [1.82, 2.24) is 19.7 Å². The quantitative estimate of drug-likeness (QED) is 0.173. The van der Waals surface area contributed by atoms with E-state index in [-0.39, 0.29) is 5.97 Å². The molecule has 0 radical (unpaired) electrons. The maximum Gasteiger partial charge on any atom is 0.305 e. The Balaban J connectivity index is 1.33. The number of carbonyl (C=O) groups is 1. The van der Waals surface area contributed by atoms with Crippen molar-refractivity contribution in [2.24, 2.45) is 5.92 Å². The number of benzene rings is 1. The molecule has 2 heterocycles. The largest absolute Gasteiger partial charge is 0.469 e. The number of aryl methyl sites for hydroxylation is 1. The monoisotopic (exact) mass is 520 g/mol. The highest BCUT2D eigenvalue weighted by molar-refractivity contribution is 6.76. The predicted molar refractivity (Wildman–Crippen MR) is 149 cm³/mol. The fraction of sp³-hybridized carbons (Fsp3) is 0.517. The molecule has 1 aromatic carbocycles. The molecule has 0 saturated heterocycles. The van der Waals surface area contributed by atoms with Crippen molar-refractivity contribution in [3.63, 3.8) is 0 Å². The minimum absolute atomic E-state index is 0.0903. The summed E-state index contributed by atoms with van der Waals surface area (Å²) in [5.74, 6) is 2.43. The van der Waals surface area contributed by atoms with Crippen LogP contribution in [-0.4, -0.2) is 47.5 Å². The zero-order chi connectivity index (χ0) is 26.4. The second-order valence-corrected chi connectivity index (χ2v) is 17.0. The number of carbonyl (C=O) groups excluding carboxylic acids is 1. The highest BCUT2D eigenvalue weighted by Crippen LogP contribution is 2.37. The van der Waals surface area contributed by atoms with E-state index in [1.807, 2.05) is 29.9 Å². The Bertz CT molecular complexity index is 1160. The molecule has 0 spiro atoms. The van der Waals surface area contributed by atoms with E-state index >= 15 is 0 Å². The lowest BCUT2D eigenvalue weighted by Gasteiger charge is -2.28. The van der Waals surface area contributed by atoms with Gasteiger partial charge in [0, 0.05) is 30.4 Å². The third kappa shape index (κ3) is 7.58. The van der Waals surface area contributed by atoms with Crippen LogP contribution >= 0.6 is 0 Å². The fourth-order valence-corrected chi connectivity index (χ4v) is 5.59. The van der Waals surface area contributed by atoms with E-state index in [0.29, 0.717) is 30.8 Å². The van der Waals surface area contributed by atoms with Gasteiger partial charge in [0.15, 0.2) is 5.82 Å². The zero-order valence-electron chi connectivity index (χ0n) is 22.9. The molecule has 0 unspecified atom stereocenters. The molecule has 0 aliphatic heterocycles. The summed E-state index contributed by atoms with van der Waals surface area (Å²) in [6, 6.07) is 14.0. The van der Waals surface area contributed by atoms with Crippen molar-refractivity contribution in [2.75, 3.05) is 13.7 Å². The second kappa shape index (κ2) is 12.1. The Kier molecular flexibility index (Phi) is 8.92. The Morgan fingerprint density at radius 3 is 2.35 bits per heavy atom. The van der Waals surface area contributed by atoms with Crippen molar-refractivity contribution in [1.29, 1.82) is 0 Å². The van der Waals surface area contributed by atoms with Crippen molar-refractivity contribution >= 4 is 14.0 Å². The lowest BCUT2D eigenvalue weighted by molar-refractivity contribution is -0.142. The second-order valence-electron chi connectivity index (χ2n) is 11.4. The molecule has 8 heteroatoms. The van der Waals surface area contributed by atoms with Crippen LogP contribution in [0, 0.1) is 12.8 Å². The average molecular weight is 521 g/mol. The lowest BCUT2D eigenvalue weighted by Crippen LogP contribution is -2.22. The molecule has 1 saturated carbocycles. The van der Waals surface area contributed by atoms with Gasteiger partial charge in [-0.15, -0.1) is 19.2 Å². The van der Waals surface area contributed by atoms with Crippen LogP contribution in [0.2, 0.25) is 25.7 Å². The molecule has 1 fully saturated rings. The summed E-state index contributed by atoms with van der Waals surface area (Å²) in [5.41, 5.74) is 4.30. The topological polar surface area (TPSA) is 79.1 Å². The van der Waals surface area contributed by atoms with Gasteiger partial charge in [-0.3, -0.25) is 9.78 Å². The molecule has 1 aliphatic carbocycles. The third-order valence-corrected chi connectivity index (χ3v) is 9.00. The Labute approximate surface area is 221 Å². The molecular weight excluding hydrogens is 480 g/mol. The Morgan fingerprint density at radius 1 is 1.03 bits per heavy atom. The van der Waals surface area contributed by atoms with Gasteiger partial charge in [0.25, 0.3) is 0 Å². The van der Waals surface area contributed by atoms with Crippen molar-refractivity contribution in [3.8, 4) is 22.6 Å². The van der Waals surface area contributed by atoms with Gasteiger partial charge in [-0.2, -0.15) is 19.6 Å². The van der Waals surface area contributed by atoms with E-state index in [9.17, 15) is 4.79 Å². The first-order chi connectivity index (χ1) is 17.7. The molecule has 199 valence electrons. The van der Waals surface area contributed by atoms with Gasteiger partial charge >= 0.3 is 5.97 Å². The van der Waals surface area contributed by atoms with Gasteiger partial charge in [-0.25, -0.2) is 9.67 Å². The molecule has 2 aromatic heterocycles. The summed E-state index contributed by atoms with van der Waals surface area (Å²) in [4.78, 5) is 20.9. The van der Waals surface area contributed by atoms with E-state index in [4.69, 9.17) is 14.5 Å². The van der Waals surface area contributed by atoms with Crippen LogP contribution in [-0.2, 0) is 21.0 Å². The first-order valence-corrected chi connectivity index (χ1v) is 17.1. The van der Waals surface area contributed by atoms with Crippen LogP contribution in [0.1, 0.15) is 49.4 Å². The number of pyridine rings is 1. The smallest absolute Gasteiger partial charge is 0.305 e. The molecule has 37 heavy (non-hydrogen) atoms. The van der Waals surface area contributed by atoms with Gasteiger partial charge in [0.1, 0.15) is 12.6 Å². The first-order valence-electron chi connectivity index (χ1n) is 13.3. The summed E-state index contributed by atoms with van der Waals surface area (Å²) in [6.07, 6.45) is 6.80.